The van der Waals surface area contributed by atoms with E-state index in [0.29, 0.717) is 0 Å². The van der Waals surface area contributed by atoms with Crippen molar-refractivity contribution in [1.29, 1.82) is 0 Å². The third kappa shape index (κ3) is 3.30. The molecule has 1 saturated heterocycles. The summed E-state index contributed by atoms with van der Waals surface area (Å²) in [5, 5.41) is -5.08. The van der Waals surface area contributed by atoms with Crippen molar-refractivity contribution >= 4 is 0 Å². The van der Waals surface area contributed by atoms with Crippen LogP contribution in [0.5, 0.6) is 0 Å². The third-order valence-corrected chi connectivity index (χ3v) is 5.91. The molecule has 0 aromatic rings. The van der Waals surface area contributed by atoms with E-state index in [2.05, 4.69) is 0 Å². The number of alkyl halides is 16. The summed E-state index contributed by atoms with van der Waals surface area (Å²) in [5.41, 5.74) is -15.7. The van der Waals surface area contributed by atoms with Gasteiger partial charge in [-0.05, 0) is 12.8 Å². The molecule has 0 amide bonds. The zero-order valence-electron chi connectivity index (χ0n) is 16.8. The van der Waals surface area contributed by atoms with Gasteiger partial charge < -0.3 is 0 Å². The molecule has 0 aromatic carbocycles. The third-order valence-electron chi connectivity index (χ3n) is 5.91. The van der Waals surface area contributed by atoms with Gasteiger partial charge in [0.25, 0.3) is 0 Å². The molecule has 0 bridgehead atoms. The molecule has 0 N–H and O–H groups in total. The highest BCUT2D eigenvalue weighted by Gasteiger charge is 3.10. The van der Waals surface area contributed by atoms with Crippen LogP contribution >= 0.6 is 0 Å². The number of rotatable bonds is 8. The predicted octanol–water partition coefficient (Wildman–Crippen LogP) is 7.17. The van der Waals surface area contributed by atoms with Gasteiger partial charge in [0.1, 0.15) is 0 Å². The van der Waals surface area contributed by atoms with Crippen LogP contribution in [0.4, 0.5) is 74.7 Å². The molecule has 2 fully saturated rings. The fourth-order valence-electron chi connectivity index (χ4n) is 3.94. The molecule has 2 aliphatic rings. The van der Waals surface area contributed by atoms with Crippen molar-refractivity contribution in [2.45, 2.75) is 92.1 Å². The Bertz CT molecular complexity index is 786. The molecule has 2 unspecified atom stereocenters. The first kappa shape index (κ1) is 30.0. The second-order valence-corrected chi connectivity index (χ2v) is 8.03. The monoisotopic (exact) mass is 558 g/mol. The molecule has 2 atom stereocenters. The molecule has 1 aliphatic carbocycles. The van der Waals surface area contributed by atoms with Gasteiger partial charge in [-0.2, -0.15) is 52.7 Å². The van der Waals surface area contributed by atoms with Crippen molar-refractivity contribution in [2.75, 3.05) is 6.54 Å². The quantitative estimate of drug-likeness (QED) is 0.135. The second-order valence-electron chi connectivity index (χ2n) is 8.03. The van der Waals surface area contributed by atoms with E-state index in [1.54, 1.807) is 0 Å². The largest absolute Gasteiger partial charge is 0.386 e. The van der Waals surface area contributed by atoms with Crippen molar-refractivity contribution < 1.29 is 74.7 Å². The molecule has 1 aliphatic heterocycles. The van der Waals surface area contributed by atoms with Crippen molar-refractivity contribution in [3.05, 3.63) is 0 Å². The van der Waals surface area contributed by atoms with Gasteiger partial charge in [0.05, 0.1) is 0 Å². The first-order chi connectivity index (χ1) is 15.5. The van der Waals surface area contributed by atoms with Crippen molar-refractivity contribution in [3.8, 4) is 0 Å². The van der Waals surface area contributed by atoms with E-state index in [1.165, 1.54) is 0 Å². The average molecular weight is 558 g/mol. The minimum Gasteiger partial charge on any atom is -0.224 e. The summed E-state index contributed by atoms with van der Waals surface area (Å²) in [5.74, 6) is -31.7. The van der Waals surface area contributed by atoms with Crippen molar-refractivity contribution in [3.63, 3.8) is 0 Å². The topological polar surface area (TPSA) is 6.48 Å². The Morgan fingerprint density at radius 3 is 1.29 bits per heavy atom. The summed E-state index contributed by atoms with van der Waals surface area (Å²) in [7, 11) is 0. The lowest BCUT2D eigenvalue weighted by atomic mass is 9.62. The van der Waals surface area contributed by atoms with Gasteiger partial charge in [-0.1, -0.05) is 19.3 Å². The van der Waals surface area contributed by atoms with E-state index in [4.69, 9.17) is 0 Å². The molecule has 208 valence electrons. The summed E-state index contributed by atoms with van der Waals surface area (Å²) in [6.45, 7) is -2.01. The predicted molar refractivity (Wildman–Crippen MR) is 80.7 cm³/mol. The van der Waals surface area contributed by atoms with Gasteiger partial charge in [0.2, 0.25) is 6.43 Å². The smallest absolute Gasteiger partial charge is 0.224 e. The Morgan fingerprint density at radius 1 is 0.486 bits per heavy atom. The molecule has 19 heteroatoms. The van der Waals surface area contributed by atoms with Crippen LogP contribution in [0.15, 0.2) is 0 Å². The molecule has 1 saturated carbocycles. The molecule has 0 radical (unpaired) electrons. The summed E-state index contributed by atoms with van der Waals surface area (Å²) >= 11 is 0. The Labute approximate surface area is 184 Å². The average Bonchev–Trinajstić information content (AvgIpc) is 2.71. The Balaban J connectivity index is 2.53. The van der Waals surface area contributed by atoms with Gasteiger partial charge in [0.15, 0.2) is 0 Å². The van der Waals surface area contributed by atoms with E-state index >= 15 is 4.39 Å². The highest BCUT2D eigenvalue weighted by atomic mass is 19.4. The number of halogens is 17. The van der Waals surface area contributed by atoms with Crippen molar-refractivity contribution in [2.24, 2.45) is 0 Å². The van der Waals surface area contributed by atoms with Crippen molar-refractivity contribution in [1.82, 2.24) is 10.2 Å². The van der Waals surface area contributed by atoms with E-state index in [-0.39, 0.29) is 19.3 Å². The highest BCUT2D eigenvalue weighted by molar-refractivity contribution is 5.36. The molecular weight excluding hydrogens is 543 g/mol. The molecular formula is C16H15F17N2. The van der Waals surface area contributed by atoms with Gasteiger partial charge >= 0.3 is 47.1 Å². The molecule has 1 heterocycles. The standard InChI is InChI=1S/C16H15F17N2/c17-8(18)6-4-2-1-3-5-7-34-15(29,30)9(19)10(20,16(31,32)35(34)33)12(23,24)14(27,28)13(25,26)11(9,21)22/h8H,1-7H2. The zero-order valence-corrected chi connectivity index (χ0v) is 16.8. The summed E-state index contributed by atoms with van der Waals surface area (Å²) in [4.78, 5) is 0. The number of hydrazine groups is 1. The molecule has 35 heavy (non-hydrogen) atoms. The molecule has 2 rings (SSSR count). The maximum atomic E-state index is 15.0. The van der Waals surface area contributed by atoms with Crippen LogP contribution in [0, 0.1) is 0 Å². The number of hydrogen-bond donors (Lipinski definition) is 0. The van der Waals surface area contributed by atoms with Crippen LogP contribution in [0.25, 0.3) is 0 Å². The highest BCUT2D eigenvalue weighted by Crippen LogP contribution is 2.76. The lowest BCUT2D eigenvalue weighted by molar-refractivity contribution is -0.582. The first-order valence-corrected chi connectivity index (χ1v) is 9.62. The van der Waals surface area contributed by atoms with Gasteiger partial charge in [-0.25, -0.2) is 17.6 Å². The molecule has 0 aromatic heterocycles. The van der Waals surface area contributed by atoms with E-state index in [0.717, 1.165) is 0 Å². The summed E-state index contributed by atoms with van der Waals surface area (Å²) in [6, 6.07) is -14.3. The maximum Gasteiger partial charge on any atom is 0.386 e. The summed E-state index contributed by atoms with van der Waals surface area (Å²) < 4.78 is 236. The lowest BCUT2D eigenvalue weighted by Crippen LogP contribution is -2.97. The number of fused-ring (bicyclic) bond motifs is 1. The second kappa shape index (κ2) is 8.37. The van der Waals surface area contributed by atoms with Crippen LogP contribution in [0.1, 0.15) is 38.5 Å². The van der Waals surface area contributed by atoms with Crippen LogP contribution in [0.2, 0.25) is 0 Å². The maximum absolute atomic E-state index is 15.0. The van der Waals surface area contributed by atoms with Crippen LogP contribution in [-0.4, -0.2) is 70.3 Å². The normalized spacial score (nSPS) is 35.1. The first-order valence-electron chi connectivity index (χ1n) is 9.62. The van der Waals surface area contributed by atoms with Gasteiger partial charge in [-0.3, -0.25) is 0 Å². The Kier molecular flexibility index (Phi) is 7.17. The van der Waals surface area contributed by atoms with Crippen LogP contribution < -0.4 is 0 Å². The van der Waals surface area contributed by atoms with Gasteiger partial charge in [0, 0.05) is 18.2 Å². The number of hydrogen-bond acceptors (Lipinski definition) is 2. The minimum absolute atomic E-state index is 0.0531. The van der Waals surface area contributed by atoms with Crippen LogP contribution in [0.3, 0.4) is 0 Å². The number of unbranched alkanes of at least 4 members (excludes halogenated alkanes) is 4. The Hall–Kier alpha value is -1.27. The fraction of sp³-hybridized carbons (Fsp3) is 1.00. The molecule has 2 nitrogen and oxygen atoms in total. The van der Waals surface area contributed by atoms with E-state index in [9.17, 15) is 70.3 Å². The SMILES string of the molecule is FC(F)CCCCCCCN1N(F)C(F)(F)C2(F)C(F)(F)C(F)(F)C(F)(F)C(F)(F)C2(F)C1(F)F. The number of nitrogens with zero attached hydrogens (tertiary/aromatic N) is 2. The lowest BCUT2D eigenvalue weighted by Gasteiger charge is -2.63. The van der Waals surface area contributed by atoms with E-state index < -0.39 is 89.6 Å². The van der Waals surface area contributed by atoms with Crippen LogP contribution in [-0.2, 0) is 0 Å². The zero-order chi connectivity index (χ0) is 27.7. The van der Waals surface area contributed by atoms with Gasteiger partial charge in [-0.15, -0.1) is 9.49 Å². The summed E-state index contributed by atoms with van der Waals surface area (Å²) in [6.07, 6.45) is -5.16. The van der Waals surface area contributed by atoms with E-state index in [1.807, 2.05) is 0 Å². The Morgan fingerprint density at radius 2 is 0.857 bits per heavy atom. The fourth-order valence-corrected chi connectivity index (χ4v) is 3.94. The molecule has 0 spiro atoms. The minimum atomic E-state index is -8.01.